The summed E-state index contributed by atoms with van der Waals surface area (Å²) in [7, 11) is 0. The van der Waals surface area contributed by atoms with Crippen molar-refractivity contribution in [2.24, 2.45) is 0 Å². The molecule has 7 heteroatoms. The minimum atomic E-state index is -0.451. The molecule has 4 rings (SSSR count). The Labute approximate surface area is 213 Å². The van der Waals surface area contributed by atoms with Gasteiger partial charge in [0.2, 0.25) is 0 Å². The molecule has 0 bridgehead atoms. The van der Waals surface area contributed by atoms with Crippen molar-refractivity contribution in [3.8, 4) is 11.3 Å². The van der Waals surface area contributed by atoms with E-state index in [0.717, 1.165) is 11.1 Å². The van der Waals surface area contributed by atoms with E-state index in [1.165, 1.54) is 6.08 Å². The first-order valence-electron chi connectivity index (χ1n) is 10.9. The quantitative estimate of drug-likeness (QED) is 0.269. The van der Waals surface area contributed by atoms with Crippen molar-refractivity contribution in [1.82, 2.24) is 10.6 Å². The fourth-order valence-corrected chi connectivity index (χ4v) is 3.65. The summed E-state index contributed by atoms with van der Waals surface area (Å²) in [5.41, 5.74) is 2.19. The van der Waals surface area contributed by atoms with Crippen LogP contribution in [0, 0.1) is 0 Å². The molecule has 0 saturated carbocycles. The number of nitrogens with one attached hydrogen (secondary N) is 2. The van der Waals surface area contributed by atoms with Gasteiger partial charge in [-0.15, -0.1) is 0 Å². The highest BCUT2D eigenvalue weighted by atomic mass is 35.5. The molecule has 2 N–H and O–H groups in total. The summed E-state index contributed by atoms with van der Waals surface area (Å²) in [5.74, 6) is 0.117. The topological polar surface area (TPSA) is 71.3 Å². The second-order valence-electron chi connectivity index (χ2n) is 7.83. The predicted molar refractivity (Wildman–Crippen MR) is 139 cm³/mol. The van der Waals surface area contributed by atoms with Gasteiger partial charge in [-0.3, -0.25) is 9.59 Å². The van der Waals surface area contributed by atoms with E-state index in [4.69, 9.17) is 27.6 Å². The standard InChI is InChI=1S/C28H22Cl2N2O3/c1-18(19-5-3-2-4-6-19)31-28(34)25(32-27(33)21-9-13-23(30)14-10-21)17-24-15-16-26(35-24)20-7-11-22(29)12-8-20/h2-18H,1H3,(H,31,34)(H,32,33)/b25-17-/t18-/m0/s1. The zero-order chi connectivity index (χ0) is 24.8. The Hall–Kier alpha value is -3.80. The predicted octanol–water partition coefficient (Wildman–Crippen LogP) is 6.90. The zero-order valence-corrected chi connectivity index (χ0v) is 20.3. The van der Waals surface area contributed by atoms with Crippen molar-refractivity contribution in [3.63, 3.8) is 0 Å². The normalized spacial score (nSPS) is 12.1. The molecular weight excluding hydrogens is 483 g/mol. The molecule has 5 nitrogen and oxygen atoms in total. The Bertz CT molecular complexity index is 1350. The van der Waals surface area contributed by atoms with Crippen LogP contribution in [0.15, 0.2) is 101 Å². The third kappa shape index (κ3) is 6.41. The van der Waals surface area contributed by atoms with Crippen molar-refractivity contribution < 1.29 is 14.0 Å². The third-order valence-electron chi connectivity index (χ3n) is 5.29. The molecule has 0 spiro atoms. The van der Waals surface area contributed by atoms with E-state index in [9.17, 15) is 9.59 Å². The Morgan fingerprint density at radius 3 is 2.11 bits per heavy atom. The van der Waals surface area contributed by atoms with E-state index in [1.54, 1.807) is 48.5 Å². The number of halogens is 2. The van der Waals surface area contributed by atoms with Crippen LogP contribution in [0.25, 0.3) is 17.4 Å². The molecular formula is C28H22Cl2N2O3. The number of hydrogen-bond acceptors (Lipinski definition) is 3. The molecule has 0 unspecified atom stereocenters. The van der Waals surface area contributed by atoms with Crippen LogP contribution in [0.5, 0.6) is 0 Å². The van der Waals surface area contributed by atoms with Gasteiger partial charge in [-0.25, -0.2) is 0 Å². The monoisotopic (exact) mass is 504 g/mol. The summed E-state index contributed by atoms with van der Waals surface area (Å²) in [6.07, 6.45) is 1.50. The van der Waals surface area contributed by atoms with E-state index in [1.807, 2.05) is 49.4 Å². The maximum absolute atomic E-state index is 13.2. The summed E-state index contributed by atoms with van der Waals surface area (Å²) in [6, 6.07) is 26.4. The Morgan fingerprint density at radius 2 is 1.46 bits per heavy atom. The molecule has 176 valence electrons. The van der Waals surface area contributed by atoms with Gasteiger partial charge in [-0.2, -0.15) is 0 Å². The van der Waals surface area contributed by atoms with E-state index >= 15 is 0 Å². The van der Waals surface area contributed by atoms with Gasteiger partial charge in [0.05, 0.1) is 6.04 Å². The fourth-order valence-electron chi connectivity index (χ4n) is 3.40. The van der Waals surface area contributed by atoms with Crippen LogP contribution in [0.1, 0.15) is 34.6 Å². The minimum absolute atomic E-state index is 0.0461. The number of carbonyl (C=O) groups excluding carboxylic acids is 2. The third-order valence-corrected chi connectivity index (χ3v) is 5.79. The number of rotatable bonds is 7. The number of carbonyl (C=O) groups is 2. The van der Waals surface area contributed by atoms with Crippen molar-refractivity contribution in [3.05, 3.63) is 124 Å². The number of furan rings is 1. The maximum atomic E-state index is 13.2. The smallest absolute Gasteiger partial charge is 0.268 e. The molecule has 0 fully saturated rings. The Kier molecular flexibility index (Phi) is 7.70. The molecule has 0 saturated heterocycles. The van der Waals surface area contributed by atoms with Gasteiger partial charge < -0.3 is 15.1 Å². The molecule has 0 aliphatic rings. The van der Waals surface area contributed by atoms with Crippen molar-refractivity contribution >= 4 is 41.1 Å². The maximum Gasteiger partial charge on any atom is 0.268 e. The second kappa shape index (κ2) is 11.1. The molecule has 3 aromatic carbocycles. The Morgan fingerprint density at radius 1 is 0.829 bits per heavy atom. The van der Waals surface area contributed by atoms with Gasteiger partial charge in [0, 0.05) is 27.2 Å². The van der Waals surface area contributed by atoms with Gasteiger partial charge in [0.25, 0.3) is 11.8 Å². The van der Waals surface area contributed by atoms with E-state index < -0.39 is 11.8 Å². The van der Waals surface area contributed by atoms with Crippen molar-refractivity contribution in [2.75, 3.05) is 0 Å². The van der Waals surface area contributed by atoms with Crippen molar-refractivity contribution in [2.45, 2.75) is 13.0 Å². The molecule has 1 aromatic heterocycles. The minimum Gasteiger partial charge on any atom is -0.457 e. The average Bonchev–Trinajstić information content (AvgIpc) is 3.33. The van der Waals surface area contributed by atoms with Gasteiger partial charge >= 0.3 is 0 Å². The molecule has 1 atom stereocenters. The molecule has 4 aromatic rings. The van der Waals surface area contributed by atoms with Gasteiger partial charge in [0.15, 0.2) is 0 Å². The zero-order valence-electron chi connectivity index (χ0n) is 18.8. The molecule has 0 aliphatic carbocycles. The highest BCUT2D eigenvalue weighted by molar-refractivity contribution is 6.31. The van der Waals surface area contributed by atoms with Crippen LogP contribution >= 0.6 is 23.2 Å². The summed E-state index contributed by atoms with van der Waals surface area (Å²) >= 11 is 11.9. The lowest BCUT2D eigenvalue weighted by Gasteiger charge is -2.16. The first kappa shape index (κ1) is 24.3. The lowest BCUT2D eigenvalue weighted by Crippen LogP contribution is -2.36. The lowest BCUT2D eigenvalue weighted by atomic mass is 10.1. The fraction of sp³-hybridized carbons (Fsp3) is 0.0714. The summed E-state index contributed by atoms with van der Waals surface area (Å²) in [6.45, 7) is 1.87. The van der Waals surface area contributed by atoms with E-state index in [0.29, 0.717) is 27.1 Å². The lowest BCUT2D eigenvalue weighted by molar-refractivity contribution is -0.118. The number of hydrogen-bond donors (Lipinski definition) is 2. The summed E-state index contributed by atoms with van der Waals surface area (Å²) in [5, 5.41) is 6.76. The van der Waals surface area contributed by atoms with Crippen LogP contribution in [0.4, 0.5) is 0 Å². The number of benzene rings is 3. The van der Waals surface area contributed by atoms with Gasteiger partial charge in [-0.05, 0) is 73.2 Å². The SMILES string of the molecule is C[C@H](NC(=O)/C(=C/c1ccc(-c2ccc(Cl)cc2)o1)NC(=O)c1ccc(Cl)cc1)c1ccccc1. The van der Waals surface area contributed by atoms with Crippen LogP contribution in [-0.2, 0) is 4.79 Å². The van der Waals surface area contributed by atoms with Gasteiger partial charge in [0.1, 0.15) is 17.2 Å². The Balaban J connectivity index is 1.60. The number of amides is 2. The molecule has 0 radical (unpaired) electrons. The van der Waals surface area contributed by atoms with Crippen molar-refractivity contribution in [1.29, 1.82) is 0 Å². The molecule has 2 amide bonds. The molecule has 35 heavy (non-hydrogen) atoms. The van der Waals surface area contributed by atoms with E-state index in [-0.39, 0.29) is 11.7 Å². The van der Waals surface area contributed by atoms with Gasteiger partial charge in [-0.1, -0.05) is 53.5 Å². The van der Waals surface area contributed by atoms with Crippen LogP contribution in [0.3, 0.4) is 0 Å². The summed E-state index contributed by atoms with van der Waals surface area (Å²) < 4.78 is 5.91. The first-order valence-corrected chi connectivity index (χ1v) is 11.6. The highest BCUT2D eigenvalue weighted by Crippen LogP contribution is 2.25. The summed E-state index contributed by atoms with van der Waals surface area (Å²) in [4.78, 5) is 26.1. The first-order chi connectivity index (χ1) is 16.9. The van der Waals surface area contributed by atoms with Crippen LogP contribution in [0.2, 0.25) is 10.0 Å². The second-order valence-corrected chi connectivity index (χ2v) is 8.71. The van der Waals surface area contributed by atoms with Crippen LogP contribution in [-0.4, -0.2) is 11.8 Å². The largest absolute Gasteiger partial charge is 0.457 e. The van der Waals surface area contributed by atoms with Crippen LogP contribution < -0.4 is 10.6 Å². The molecule has 1 heterocycles. The highest BCUT2D eigenvalue weighted by Gasteiger charge is 2.18. The average molecular weight is 505 g/mol. The van der Waals surface area contributed by atoms with E-state index in [2.05, 4.69) is 10.6 Å². The molecule has 0 aliphatic heterocycles.